The van der Waals surface area contributed by atoms with Gasteiger partial charge in [-0.15, -0.1) is 0 Å². The van der Waals surface area contributed by atoms with Gasteiger partial charge in [0.15, 0.2) is 5.58 Å². The van der Waals surface area contributed by atoms with Crippen LogP contribution in [0, 0.1) is 0 Å². The van der Waals surface area contributed by atoms with Crippen LogP contribution < -0.4 is 52.4 Å². The molecule has 0 saturated heterocycles. The first-order chi connectivity index (χ1) is 67.3. The molecule has 0 amide bonds. The first-order valence-electron chi connectivity index (χ1n) is 50.9. The molecule has 0 saturated carbocycles. The number of furan rings is 1. The Bertz CT molecular complexity index is 8380. The summed E-state index contributed by atoms with van der Waals surface area (Å²) in [7, 11) is 0. The Morgan fingerprint density at radius 2 is 0.667 bits per heavy atom. The molecular formula is C132H124B2N6O. The van der Waals surface area contributed by atoms with E-state index in [1.807, 2.05) is 0 Å². The predicted octanol–water partition coefficient (Wildman–Crippen LogP) is 31.6. The minimum atomic E-state index is -0.426. The van der Waals surface area contributed by atoms with E-state index in [1.54, 1.807) is 0 Å². The van der Waals surface area contributed by atoms with Crippen LogP contribution in [0.5, 0.6) is 0 Å². The Morgan fingerprint density at radius 3 is 1.18 bits per heavy atom. The van der Waals surface area contributed by atoms with Crippen molar-refractivity contribution in [3.05, 3.63) is 419 Å². The molecule has 0 N–H and O–H groups in total. The number of fused-ring (bicyclic) bond motifs is 17. The molecule has 24 rings (SSSR count). The van der Waals surface area contributed by atoms with Gasteiger partial charge in [0.05, 0.1) is 27.8 Å². The Kier molecular flexibility index (Phi) is 20.1. The number of aromatic nitrogens is 2. The monoisotopic (exact) mass is 1830 g/mol. The van der Waals surface area contributed by atoms with Gasteiger partial charge in [-0.25, -0.2) is 0 Å². The van der Waals surface area contributed by atoms with Gasteiger partial charge < -0.3 is 33.2 Å². The highest BCUT2D eigenvalue weighted by Crippen LogP contribution is 2.54. The number of hydrogen-bond acceptors (Lipinski definition) is 5. The van der Waals surface area contributed by atoms with Crippen LogP contribution in [0.15, 0.2) is 362 Å². The lowest BCUT2D eigenvalue weighted by Crippen LogP contribution is -2.64. The minimum absolute atomic E-state index is 0.000525. The average molecular weight is 1830 g/mol. The second kappa shape index (κ2) is 31.7. The molecule has 3 aromatic heterocycles. The quantitative estimate of drug-likeness (QED) is 0.108. The summed E-state index contributed by atoms with van der Waals surface area (Å²) < 4.78 is 12.6. The summed E-state index contributed by atoms with van der Waals surface area (Å²) >= 11 is 0. The van der Waals surface area contributed by atoms with Crippen LogP contribution in [0.4, 0.5) is 68.2 Å². The number of benzene rings is 17. The van der Waals surface area contributed by atoms with Crippen LogP contribution in [0.3, 0.4) is 0 Å². The van der Waals surface area contributed by atoms with Gasteiger partial charge in [0.2, 0.25) is 13.4 Å². The normalized spacial score (nSPS) is 14.4. The third-order valence-electron chi connectivity index (χ3n) is 32.1. The molecule has 0 aliphatic carbocycles. The van der Waals surface area contributed by atoms with E-state index in [2.05, 4.69) is 532 Å². The van der Waals surface area contributed by atoms with Gasteiger partial charge in [-0.2, -0.15) is 0 Å². The highest BCUT2D eigenvalue weighted by molar-refractivity contribution is 7.00. The first-order valence-corrected chi connectivity index (χ1v) is 50.9. The molecule has 4 aliphatic rings. The Morgan fingerprint density at radius 1 is 0.255 bits per heavy atom. The van der Waals surface area contributed by atoms with Gasteiger partial charge >= 0.3 is 0 Å². The molecule has 694 valence electrons. The largest absolute Gasteiger partial charge is 0.454 e. The third-order valence-corrected chi connectivity index (χ3v) is 32.1. The van der Waals surface area contributed by atoms with E-state index in [9.17, 15) is 0 Å². The number of anilines is 12. The van der Waals surface area contributed by atoms with Crippen molar-refractivity contribution in [2.24, 2.45) is 0 Å². The molecular weight excluding hydrogens is 1710 g/mol. The maximum Gasteiger partial charge on any atom is 0.247 e. The van der Waals surface area contributed by atoms with Crippen LogP contribution >= 0.6 is 0 Å². The van der Waals surface area contributed by atoms with Crippen LogP contribution in [-0.4, -0.2) is 22.6 Å². The summed E-state index contributed by atoms with van der Waals surface area (Å²) in [6.45, 7) is 49.5. The van der Waals surface area contributed by atoms with E-state index < -0.39 is 10.8 Å². The lowest BCUT2D eigenvalue weighted by Gasteiger charge is -2.46. The Labute approximate surface area is 833 Å². The van der Waals surface area contributed by atoms with Gasteiger partial charge in [0.1, 0.15) is 5.58 Å². The van der Waals surface area contributed by atoms with Crippen molar-refractivity contribution in [1.82, 2.24) is 9.13 Å². The Balaban J connectivity index is 0.663. The molecule has 0 fully saturated rings. The Hall–Kier alpha value is -14.5. The molecule has 17 aromatic carbocycles. The zero-order valence-corrected chi connectivity index (χ0v) is 85.5. The lowest BCUT2D eigenvalue weighted by atomic mass is 9.30. The zero-order chi connectivity index (χ0) is 97.6. The first kappa shape index (κ1) is 89.1. The molecule has 0 spiro atoms. The van der Waals surface area contributed by atoms with Crippen molar-refractivity contribution in [1.29, 1.82) is 0 Å². The maximum absolute atomic E-state index is 7.54. The van der Waals surface area contributed by atoms with Crippen molar-refractivity contribution in [3.8, 4) is 11.4 Å². The highest BCUT2D eigenvalue weighted by atomic mass is 16.3. The van der Waals surface area contributed by atoms with E-state index in [4.69, 9.17) is 4.42 Å². The molecule has 141 heavy (non-hydrogen) atoms. The fourth-order valence-electron chi connectivity index (χ4n) is 24.4. The fraction of sp³-hybridized carbons (Fsp3) is 0.227. The smallest absolute Gasteiger partial charge is 0.247 e. The SMILES string of the molecule is CC(C)(C)c1ccc(N(c2ccc(C(C)(C)C)cc2)c2ccc3c(c2)C(C)(C)c2cc(C(C)(C)C)cc4c2B3c2cc3c5cc(C(C)(C)Cc6ccc7oc8c(N9c%10cc%11c(cc%10B%10c%12ccc(N(c%13ccccc%13)c%13ccccc%13)cc%12C(C)(C)c%12cccc9c%12%10)c9cc(C(C)(C)C)ccc9n%11-c9ccccc9)cccc8c7c6)ccc5n(-c5ccc(C(C)(C)C)cc5)c3cc2N4c2ccccc2)cc1. The number of hydrogen-bond donors (Lipinski definition) is 0. The molecule has 0 unspecified atom stereocenters. The predicted molar refractivity (Wildman–Crippen MR) is 604 cm³/mol. The molecule has 4 aliphatic heterocycles. The second-order valence-corrected chi connectivity index (χ2v) is 47.6. The summed E-state index contributed by atoms with van der Waals surface area (Å²) in [5, 5.41) is 7.14. The summed E-state index contributed by atoms with van der Waals surface area (Å²) in [4.78, 5) is 10.1. The average Bonchev–Trinajstić information content (AvgIpc) is 1.62. The molecule has 9 heteroatoms. The van der Waals surface area contributed by atoms with Crippen molar-refractivity contribution >= 4 is 180 Å². The standard InChI is InChI=1S/C132H124B2N6O/c1-125(2,3)83-49-57-93(58-50-83)136(94-59-51-84(52-60-94)126(4,5)6)97-64-66-109-106(76-97)132(20,21)107-73-88(129(13,14)15)74-120-123(107)134(109)110-77-102-100-72-87(56-68-113(100)138(95-61-53-85(54-62-95)127(7,8)9)116(102)79-118(110)139(120)92-42-32-25-33-43-92)130(16,17)81-82-48-69-121-103(70-82)98-44-34-47-115(124(98)141-121)140-114-46-35-45-104-122(114)133(108-65-63-96(75-105(108)131(104,18)19)135(89-36-26-22-27-37-89)90-38-28-23-29-39-90)111-78-101-99-71-86(128(10,11)12)55-67-112(99)137(117(101)80-119(111)140)91-40-30-24-31-41-91/h22-80H,81H2,1-21H3. The molecule has 0 atom stereocenters. The molecule has 0 bridgehead atoms. The molecule has 20 aromatic rings. The number of para-hydroxylation sites is 5. The van der Waals surface area contributed by atoms with Gasteiger partial charge in [-0.1, -0.05) is 338 Å². The third kappa shape index (κ3) is 14.3. The van der Waals surface area contributed by atoms with Gasteiger partial charge in [0, 0.05) is 117 Å². The number of nitrogens with zero attached hydrogens (tertiary/aromatic N) is 6. The summed E-state index contributed by atoms with van der Waals surface area (Å²) in [6.07, 6.45) is 0.777. The number of rotatable bonds is 13. The van der Waals surface area contributed by atoms with Crippen molar-refractivity contribution in [3.63, 3.8) is 0 Å². The van der Waals surface area contributed by atoms with Gasteiger partial charge in [0.25, 0.3) is 0 Å². The maximum atomic E-state index is 7.54. The van der Waals surface area contributed by atoms with Crippen LogP contribution in [0.1, 0.15) is 207 Å². The lowest BCUT2D eigenvalue weighted by molar-refractivity contribution is 0.523. The van der Waals surface area contributed by atoms with Gasteiger partial charge in [-0.3, -0.25) is 0 Å². The summed E-state index contributed by atoms with van der Waals surface area (Å²) in [5.74, 6) is 0. The minimum Gasteiger partial charge on any atom is -0.454 e. The van der Waals surface area contributed by atoms with Crippen LogP contribution in [0.2, 0.25) is 0 Å². The zero-order valence-electron chi connectivity index (χ0n) is 85.5. The summed E-state index contributed by atoms with van der Waals surface area (Å²) in [5.41, 5.74) is 43.2. The van der Waals surface area contributed by atoms with E-state index in [-0.39, 0.29) is 45.9 Å². The van der Waals surface area contributed by atoms with Crippen LogP contribution in [0.25, 0.3) is 76.9 Å². The van der Waals surface area contributed by atoms with Crippen molar-refractivity contribution < 1.29 is 4.42 Å². The molecule has 7 nitrogen and oxygen atoms in total. The topological polar surface area (TPSA) is 36.0 Å². The molecule has 0 radical (unpaired) electrons. The van der Waals surface area contributed by atoms with Crippen molar-refractivity contribution in [2.75, 3.05) is 19.6 Å². The van der Waals surface area contributed by atoms with E-state index in [0.717, 1.165) is 102 Å². The second-order valence-electron chi connectivity index (χ2n) is 47.6. The highest BCUT2D eigenvalue weighted by Gasteiger charge is 2.50. The van der Waals surface area contributed by atoms with Gasteiger partial charge in [-0.05, 0) is 298 Å². The van der Waals surface area contributed by atoms with E-state index >= 15 is 0 Å². The van der Waals surface area contributed by atoms with Crippen LogP contribution in [-0.2, 0) is 49.7 Å². The fourth-order valence-corrected chi connectivity index (χ4v) is 24.4. The van der Waals surface area contributed by atoms with E-state index in [1.165, 1.54) is 143 Å². The van der Waals surface area contributed by atoms with Crippen molar-refractivity contribution in [2.45, 2.75) is 195 Å². The van der Waals surface area contributed by atoms with E-state index in [0.29, 0.717) is 0 Å². The molecule has 7 heterocycles. The summed E-state index contributed by atoms with van der Waals surface area (Å²) in [6, 6.07) is 138.